The van der Waals surface area contributed by atoms with Crippen LogP contribution in [0.15, 0.2) is 18.3 Å². The van der Waals surface area contributed by atoms with Crippen LogP contribution >= 0.6 is 0 Å². The van der Waals surface area contributed by atoms with E-state index in [1.165, 1.54) is 30.3 Å². The summed E-state index contributed by atoms with van der Waals surface area (Å²) < 4.78 is 41.2. The van der Waals surface area contributed by atoms with Crippen LogP contribution in [-0.2, 0) is 0 Å². The van der Waals surface area contributed by atoms with E-state index in [9.17, 15) is 23.1 Å². The van der Waals surface area contributed by atoms with E-state index < -0.39 is 24.8 Å². The molecule has 5 nitrogen and oxygen atoms in total. The fraction of sp³-hybridized carbons (Fsp3) is 0.571. The molecule has 2 rings (SSSR count). The highest BCUT2D eigenvalue weighted by Crippen LogP contribution is 2.33. The van der Waals surface area contributed by atoms with Crippen LogP contribution in [0.5, 0.6) is 5.88 Å². The Hall–Kier alpha value is -1.83. The molecule has 1 atom stereocenters. The molecule has 0 radical (unpaired) electrons. The highest BCUT2D eigenvalue weighted by molar-refractivity contribution is 5.96. The van der Waals surface area contributed by atoms with Gasteiger partial charge in [-0.05, 0) is 30.9 Å². The van der Waals surface area contributed by atoms with Gasteiger partial charge in [-0.3, -0.25) is 4.79 Å². The smallest absolute Gasteiger partial charge is 0.422 e. The van der Waals surface area contributed by atoms with Crippen LogP contribution in [-0.4, -0.2) is 53.4 Å². The topological polar surface area (TPSA) is 62.7 Å². The van der Waals surface area contributed by atoms with Crippen molar-refractivity contribution in [1.29, 1.82) is 0 Å². The molecule has 8 heteroatoms. The number of aromatic nitrogens is 1. The van der Waals surface area contributed by atoms with Crippen molar-refractivity contribution in [3.05, 3.63) is 23.9 Å². The van der Waals surface area contributed by atoms with Crippen LogP contribution < -0.4 is 4.74 Å². The third kappa shape index (κ3) is 4.59. The number of carbonyl (C=O) groups is 1. The number of rotatable bonds is 6. The highest BCUT2D eigenvalue weighted by atomic mass is 19.4. The van der Waals surface area contributed by atoms with E-state index >= 15 is 0 Å². The summed E-state index contributed by atoms with van der Waals surface area (Å²) in [6, 6.07) is 2.79. The van der Waals surface area contributed by atoms with Crippen LogP contribution in [0.1, 0.15) is 23.2 Å². The number of likely N-dealkylation sites (N-methyl/N-ethyl adjacent to an activating group) is 1. The van der Waals surface area contributed by atoms with Gasteiger partial charge in [0.25, 0.3) is 5.91 Å². The highest BCUT2D eigenvalue weighted by Gasteiger charge is 2.32. The number of hydrogen-bond donors (Lipinski definition) is 1. The van der Waals surface area contributed by atoms with E-state index in [0.29, 0.717) is 0 Å². The summed E-state index contributed by atoms with van der Waals surface area (Å²) in [7, 11) is 1.48. The molecule has 1 aromatic heterocycles. The molecule has 22 heavy (non-hydrogen) atoms. The zero-order valence-corrected chi connectivity index (χ0v) is 12.0. The maximum Gasteiger partial charge on any atom is 0.422 e. The first-order valence-corrected chi connectivity index (χ1v) is 6.86. The first-order chi connectivity index (χ1) is 10.3. The average Bonchev–Trinajstić information content (AvgIpc) is 3.28. The number of alkyl halides is 3. The maximum absolute atomic E-state index is 12.3. The van der Waals surface area contributed by atoms with Crippen molar-refractivity contribution in [3.63, 3.8) is 0 Å². The van der Waals surface area contributed by atoms with Gasteiger partial charge >= 0.3 is 6.18 Å². The molecule has 1 aliphatic rings. The van der Waals surface area contributed by atoms with Crippen molar-refractivity contribution >= 4 is 5.91 Å². The lowest BCUT2D eigenvalue weighted by Gasteiger charge is -2.21. The van der Waals surface area contributed by atoms with Gasteiger partial charge in [0.1, 0.15) is 5.56 Å². The normalized spacial score (nSPS) is 16.2. The lowest BCUT2D eigenvalue weighted by molar-refractivity contribution is -0.154. The van der Waals surface area contributed by atoms with E-state index in [0.717, 1.165) is 12.8 Å². The molecule has 0 aliphatic heterocycles. The number of aliphatic hydroxyl groups is 1. The Morgan fingerprint density at radius 3 is 2.82 bits per heavy atom. The monoisotopic (exact) mass is 318 g/mol. The number of ether oxygens (including phenoxy) is 1. The van der Waals surface area contributed by atoms with E-state index in [1.54, 1.807) is 0 Å². The molecule has 1 fully saturated rings. The number of hydrogen-bond acceptors (Lipinski definition) is 4. The van der Waals surface area contributed by atoms with Crippen molar-refractivity contribution in [2.24, 2.45) is 5.92 Å². The van der Waals surface area contributed by atoms with Crippen molar-refractivity contribution in [2.45, 2.75) is 25.1 Å². The van der Waals surface area contributed by atoms with Gasteiger partial charge < -0.3 is 14.7 Å². The molecule has 0 aromatic carbocycles. The molecule has 0 spiro atoms. The van der Waals surface area contributed by atoms with Gasteiger partial charge in [0.05, 0.1) is 6.10 Å². The summed E-state index contributed by atoms with van der Waals surface area (Å²) >= 11 is 0. The Balaban J connectivity index is 2.04. The number of amides is 1. The molecule has 1 amide bonds. The van der Waals surface area contributed by atoms with Crippen LogP contribution in [0.2, 0.25) is 0 Å². The quantitative estimate of drug-likeness (QED) is 0.870. The van der Waals surface area contributed by atoms with Gasteiger partial charge in [-0.25, -0.2) is 4.98 Å². The molecule has 1 saturated carbocycles. The Bertz CT molecular complexity index is 532. The molecular formula is C14H17F3N2O3. The molecule has 1 aliphatic carbocycles. The predicted octanol–water partition coefficient (Wildman–Crippen LogP) is 1.87. The lowest BCUT2D eigenvalue weighted by atomic mass is 10.2. The van der Waals surface area contributed by atoms with Gasteiger partial charge in [-0.1, -0.05) is 0 Å². The molecule has 1 unspecified atom stereocenters. The minimum atomic E-state index is -4.51. The molecular weight excluding hydrogens is 301 g/mol. The summed E-state index contributed by atoms with van der Waals surface area (Å²) in [5.74, 6) is -0.701. The van der Waals surface area contributed by atoms with Crippen molar-refractivity contribution in [1.82, 2.24) is 9.88 Å². The second kappa shape index (κ2) is 6.51. The van der Waals surface area contributed by atoms with Gasteiger partial charge in [-0.2, -0.15) is 13.2 Å². The molecule has 0 bridgehead atoms. The van der Waals surface area contributed by atoms with E-state index in [-0.39, 0.29) is 23.9 Å². The average molecular weight is 318 g/mol. The maximum atomic E-state index is 12.3. The molecule has 1 heterocycles. The fourth-order valence-electron chi connectivity index (χ4n) is 2.02. The minimum absolute atomic E-state index is 0.0581. The first kappa shape index (κ1) is 16.5. The third-order valence-electron chi connectivity index (χ3n) is 3.35. The van der Waals surface area contributed by atoms with Crippen LogP contribution in [0.25, 0.3) is 0 Å². The minimum Gasteiger partial charge on any atom is -0.467 e. The Labute approximate surface area is 125 Å². The van der Waals surface area contributed by atoms with Crippen molar-refractivity contribution < 1.29 is 27.8 Å². The molecule has 1 aromatic rings. The standard InChI is InChI=1S/C14H17F3N2O3/c1-19(7-11(20)9-4-5-9)13(21)10-3-2-6-18-12(10)22-8-14(15,16)17/h2-3,6,9,11,20H,4-5,7-8H2,1H3. The molecule has 0 saturated heterocycles. The summed E-state index contributed by atoms with van der Waals surface area (Å²) in [5, 5.41) is 9.84. The first-order valence-electron chi connectivity index (χ1n) is 6.86. The number of nitrogens with zero attached hydrogens (tertiary/aromatic N) is 2. The number of pyridine rings is 1. The fourth-order valence-corrected chi connectivity index (χ4v) is 2.02. The van der Waals surface area contributed by atoms with E-state index in [2.05, 4.69) is 9.72 Å². The van der Waals surface area contributed by atoms with Gasteiger partial charge in [0.2, 0.25) is 5.88 Å². The van der Waals surface area contributed by atoms with E-state index in [4.69, 9.17) is 0 Å². The summed E-state index contributed by atoms with van der Waals surface area (Å²) in [6.07, 6.45) is -2.02. The van der Waals surface area contributed by atoms with Crippen LogP contribution in [0.4, 0.5) is 13.2 Å². The van der Waals surface area contributed by atoms with E-state index in [1.807, 2.05) is 0 Å². The third-order valence-corrected chi connectivity index (χ3v) is 3.35. The number of aliphatic hydroxyl groups excluding tert-OH is 1. The lowest BCUT2D eigenvalue weighted by Crippen LogP contribution is -2.35. The van der Waals surface area contributed by atoms with Crippen molar-refractivity contribution in [3.8, 4) is 5.88 Å². The zero-order valence-electron chi connectivity index (χ0n) is 12.0. The van der Waals surface area contributed by atoms with Gasteiger partial charge in [0.15, 0.2) is 6.61 Å². The summed E-state index contributed by atoms with van der Waals surface area (Å²) in [4.78, 5) is 17.2. The largest absolute Gasteiger partial charge is 0.467 e. The Morgan fingerprint density at radius 1 is 1.55 bits per heavy atom. The summed E-state index contributed by atoms with van der Waals surface area (Å²) in [5.41, 5.74) is -0.0581. The summed E-state index contributed by atoms with van der Waals surface area (Å²) in [6.45, 7) is -1.39. The van der Waals surface area contributed by atoms with Gasteiger partial charge in [0, 0.05) is 19.8 Å². The number of halogens is 3. The Kier molecular flexibility index (Phi) is 4.90. The SMILES string of the molecule is CN(CC(O)C1CC1)C(=O)c1cccnc1OCC(F)(F)F. The molecule has 1 N–H and O–H groups in total. The molecule has 122 valence electrons. The Morgan fingerprint density at radius 2 is 2.23 bits per heavy atom. The van der Waals surface area contributed by atoms with Gasteiger partial charge in [-0.15, -0.1) is 0 Å². The van der Waals surface area contributed by atoms with Crippen LogP contribution in [0.3, 0.4) is 0 Å². The second-order valence-corrected chi connectivity index (χ2v) is 5.35. The zero-order chi connectivity index (χ0) is 16.3. The van der Waals surface area contributed by atoms with Crippen molar-refractivity contribution in [2.75, 3.05) is 20.2 Å². The second-order valence-electron chi connectivity index (χ2n) is 5.35. The van der Waals surface area contributed by atoms with Crippen LogP contribution in [0, 0.1) is 5.92 Å². The predicted molar refractivity (Wildman–Crippen MR) is 71.5 cm³/mol. The number of carbonyl (C=O) groups excluding carboxylic acids is 1.